The maximum atomic E-state index is 12.3. The van der Waals surface area contributed by atoms with Crippen molar-refractivity contribution >= 4 is 23.2 Å². The average Bonchev–Trinajstić information content (AvgIpc) is 2.82. The number of anilines is 2. The van der Waals surface area contributed by atoms with E-state index in [1.807, 2.05) is 37.3 Å². The molecular formula is C28H40N2O3. The minimum atomic E-state index is -0.728. The second kappa shape index (κ2) is 15.1. The molecule has 2 N–H and O–H groups in total. The molecule has 0 fully saturated rings. The molecule has 2 amide bonds. The maximum Gasteiger partial charge on any atom is 0.314 e. The van der Waals surface area contributed by atoms with E-state index in [0.717, 1.165) is 0 Å². The topological polar surface area (TPSA) is 67.4 Å². The van der Waals surface area contributed by atoms with Crippen LogP contribution in [-0.4, -0.2) is 18.4 Å². The van der Waals surface area contributed by atoms with E-state index in [0.29, 0.717) is 29.6 Å². The van der Waals surface area contributed by atoms with Crippen molar-refractivity contribution in [3.8, 4) is 5.75 Å². The van der Waals surface area contributed by atoms with Gasteiger partial charge in [0.25, 0.3) is 0 Å². The van der Waals surface area contributed by atoms with E-state index in [1.165, 1.54) is 63.4 Å². The number of carbonyl (C=O) groups is 2. The average molecular weight is 453 g/mol. The largest absolute Gasteiger partial charge is 0.492 e. The Hall–Kier alpha value is -2.82. The number of nitrogens with one attached hydrogen (secondary N) is 2. The molecule has 0 spiro atoms. The Morgan fingerprint density at radius 1 is 0.788 bits per heavy atom. The van der Waals surface area contributed by atoms with Crippen LogP contribution in [0.2, 0.25) is 0 Å². The lowest BCUT2D eigenvalue weighted by atomic mass is 9.94. The van der Waals surface area contributed by atoms with Crippen molar-refractivity contribution in [2.24, 2.45) is 0 Å². The molecule has 0 aliphatic carbocycles. The predicted octanol–water partition coefficient (Wildman–Crippen LogP) is 7.30. The predicted molar refractivity (Wildman–Crippen MR) is 137 cm³/mol. The van der Waals surface area contributed by atoms with Crippen molar-refractivity contribution in [3.05, 3.63) is 54.1 Å². The van der Waals surface area contributed by atoms with E-state index in [9.17, 15) is 9.59 Å². The van der Waals surface area contributed by atoms with Gasteiger partial charge < -0.3 is 15.4 Å². The van der Waals surface area contributed by atoms with Crippen LogP contribution in [-0.2, 0) is 9.59 Å². The minimum Gasteiger partial charge on any atom is -0.492 e. The van der Waals surface area contributed by atoms with Gasteiger partial charge in [-0.15, -0.1) is 0 Å². The van der Waals surface area contributed by atoms with Crippen LogP contribution >= 0.6 is 0 Å². The summed E-state index contributed by atoms with van der Waals surface area (Å²) in [6.45, 7) is 6.84. The van der Waals surface area contributed by atoms with Gasteiger partial charge in [0.1, 0.15) is 5.75 Å². The number of carbonyl (C=O) groups excluding carboxylic acids is 2. The highest BCUT2D eigenvalue weighted by molar-refractivity contribution is 6.43. The van der Waals surface area contributed by atoms with Crippen LogP contribution in [0.1, 0.15) is 90.0 Å². The summed E-state index contributed by atoms with van der Waals surface area (Å²) >= 11 is 0. The first-order chi connectivity index (χ1) is 16.0. The first kappa shape index (κ1) is 26.4. The van der Waals surface area contributed by atoms with Gasteiger partial charge in [-0.1, -0.05) is 89.5 Å². The molecule has 33 heavy (non-hydrogen) atoms. The van der Waals surface area contributed by atoms with Gasteiger partial charge in [-0.3, -0.25) is 9.59 Å². The second-order valence-electron chi connectivity index (χ2n) is 8.62. The fraction of sp³-hybridized carbons (Fsp3) is 0.500. The molecule has 1 atom stereocenters. The molecule has 0 saturated carbocycles. The second-order valence-corrected chi connectivity index (χ2v) is 8.62. The summed E-state index contributed by atoms with van der Waals surface area (Å²) in [5.74, 6) is -0.417. The first-order valence-corrected chi connectivity index (χ1v) is 12.5. The third-order valence-corrected chi connectivity index (χ3v) is 5.87. The Labute approximate surface area is 199 Å². The van der Waals surface area contributed by atoms with Crippen LogP contribution < -0.4 is 15.4 Å². The Balaban J connectivity index is 1.75. The van der Waals surface area contributed by atoms with Gasteiger partial charge >= 0.3 is 11.8 Å². The molecule has 0 aromatic heterocycles. The summed E-state index contributed by atoms with van der Waals surface area (Å²) in [6, 6.07) is 14.9. The Morgan fingerprint density at radius 2 is 1.39 bits per heavy atom. The third kappa shape index (κ3) is 9.68. The summed E-state index contributed by atoms with van der Waals surface area (Å²) < 4.78 is 5.49. The Morgan fingerprint density at radius 3 is 2.06 bits per heavy atom. The summed E-state index contributed by atoms with van der Waals surface area (Å²) in [5.41, 5.74) is 2.34. The highest BCUT2D eigenvalue weighted by Crippen LogP contribution is 2.25. The number of amides is 2. The number of benzene rings is 2. The van der Waals surface area contributed by atoms with E-state index >= 15 is 0 Å². The SMILES string of the molecule is CCCCCCCCCCC(C)c1ccc(NC(=O)C(=O)Nc2ccccc2OCC)cc1. The van der Waals surface area contributed by atoms with E-state index in [-0.39, 0.29) is 0 Å². The molecule has 2 aromatic carbocycles. The number of rotatable bonds is 14. The molecule has 0 bridgehead atoms. The zero-order chi connectivity index (χ0) is 23.9. The van der Waals surface area contributed by atoms with Crippen molar-refractivity contribution in [3.63, 3.8) is 0 Å². The van der Waals surface area contributed by atoms with Gasteiger partial charge in [0.15, 0.2) is 0 Å². The van der Waals surface area contributed by atoms with Crippen molar-refractivity contribution in [2.75, 3.05) is 17.2 Å². The van der Waals surface area contributed by atoms with Crippen molar-refractivity contribution < 1.29 is 14.3 Å². The Kier molecular flexibility index (Phi) is 12.1. The van der Waals surface area contributed by atoms with E-state index in [4.69, 9.17) is 4.74 Å². The van der Waals surface area contributed by atoms with E-state index < -0.39 is 11.8 Å². The maximum absolute atomic E-state index is 12.3. The van der Waals surface area contributed by atoms with Gasteiger partial charge in [0, 0.05) is 5.69 Å². The fourth-order valence-corrected chi connectivity index (χ4v) is 3.86. The highest BCUT2D eigenvalue weighted by Gasteiger charge is 2.16. The smallest absolute Gasteiger partial charge is 0.314 e. The molecule has 180 valence electrons. The zero-order valence-electron chi connectivity index (χ0n) is 20.5. The molecule has 0 radical (unpaired) electrons. The number of para-hydroxylation sites is 2. The van der Waals surface area contributed by atoms with Gasteiger partial charge in [0.2, 0.25) is 0 Å². The lowest BCUT2D eigenvalue weighted by Crippen LogP contribution is -2.29. The zero-order valence-corrected chi connectivity index (χ0v) is 20.5. The number of hydrogen-bond donors (Lipinski definition) is 2. The van der Waals surface area contributed by atoms with Crippen molar-refractivity contribution in [1.82, 2.24) is 0 Å². The number of ether oxygens (including phenoxy) is 1. The molecule has 1 unspecified atom stereocenters. The van der Waals surface area contributed by atoms with E-state index in [1.54, 1.807) is 18.2 Å². The van der Waals surface area contributed by atoms with Crippen molar-refractivity contribution in [1.29, 1.82) is 0 Å². The molecule has 2 rings (SSSR count). The van der Waals surface area contributed by atoms with E-state index in [2.05, 4.69) is 24.5 Å². The van der Waals surface area contributed by atoms with Gasteiger partial charge in [0.05, 0.1) is 12.3 Å². The summed E-state index contributed by atoms with van der Waals surface area (Å²) in [7, 11) is 0. The molecular weight excluding hydrogens is 412 g/mol. The number of unbranched alkanes of at least 4 members (excludes halogenated alkanes) is 7. The minimum absolute atomic E-state index is 0.475. The normalized spacial score (nSPS) is 11.6. The lowest BCUT2D eigenvalue weighted by Gasteiger charge is -2.13. The van der Waals surface area contributed by atoms with Gasteiger partial charge in [-0.25, -0.2) is 0 Å². The summed E-state index contributed by atoms with van der Waals surface area (Å²) in [6.07, 6.45) is 11.8. The van der Waals surface area contributed by atoms with Crippen LogP contribution in [0.25, 0.3) is 0 Å². The van der Waals surface area contributed by atoms with Crippen LogP contribution in [0.3, 0.4) is 0 Å². The standard InChI is InChI=1S/C28H40N2O3/c1-4-6-7-8-9-10-11-12-15-22(3)23-18-20-24(21-19-23)29-27(31)28(32)30-25-16-13-14-17-26(25)33-5-2/h13-14,16-22H,4-12,15H2,1-3H3,(H,29,31)(H,30,32). The molecule has 2 aromatic rings. The van der Waals surface area contributed by atoms with Crippen LogP contribution in [0.5, 0.6) is 5.75 Å². The van der Waals surface area contributed by atoms with Crippen LogP contribution in [0.4, 0.5) is 11.4 Å². The molecule has 0 saturated heterocycles. The molecule has 0 heterocycles. The number of hydrogen-bond acceptors (Lipinski definition) is 3. The summed E-state index contributed by atoms with van der Waals surface area (Å²) in [4.78, 5) is 24.6. The van der Waals surface area contributed by atoms with Gasteiger partial charge in [-0.05, 0) is 49.1 Å². The molecule has 0 aliphatic heterocycles. The third-order valence-electron chi connectivity index (χ3n) is 5.87. The Bertz CT molecular complexity index is 848. The quantitative estimate of drug-likeness (QED) is 0.233. The highest BCUT2D eigenvalue weighted by atomic mass is 16.5. The van der Waals surface area contributed by atoms with Crippen molar-refractivity contribution in [2.45, 2.75) is 84.5 Å². The van der Waals surface area contributed by atoms with Gasteiger partial charge in [-0.2, -0.15) is 0 Å². The van der Waals surface area contributed by atoms with Crippen LogP contribution in [0.15, 0.2) is 48.5 Å². The molecule has 5 heteroatoms. The van der Waals surface area contributed by atoms with Crippen LogP contribution in [0, 0.1) is 0 Å². The summed E-state index contributed by atoms with van der Waals surface area (Å²) in [5, 5.41) is 5.29. The monoisotopic (exact) mass is 452 g/mol. The molecule has 5 nitrogen and oxygen atoms in total. The fourth-order valence-electron chi connectivity index (χ4n) is 3.86. The molecule has 0 aliphatic rings. The lowest BCUT2D eigenvalue weighted by molar-refractivity contribution is -0.133. The first-order valence-electron chi connectivity index (χ1n) is 12.5.